The molecule has 0 bridgehead atoms. The summed E-state index contributed by atoms with van der Waals surface area (Å²) in [5.74, 6) is -0.570. The third-order valence-electron chi connectivity index (χ3n) is 2.74. The molecule has 20 heavy (non-hydrogen) atoms. The van der Waals surface area contributed by atoms with Gasteiger partial charge in [0.1, 0.15) is 5.54 Å². The van der Waals surface area contributed by atoms with E-state index in [1.165, 1.54) is 43.7 Å². The number of nitrogens with zero attached hydrogens (tertiary/aromatic N) is 2. The van der Waals surface area contributed by atoms with Gasteiger partial charge in [-0.05, 0) is 26.0 Å². The van der Waals surface area contributed by atoms with Crippen LogP contribution in [-0.4, -0.2) is 18.5 Å². The third kappa shape index (κ3) is 2.45. The molecular formula is C12H13N3O4S. The molecule has 0 amide bonds. The van der Waals surface area contributed by atoms with E-state index in [0.717, 1.165) is 0 Å². The van der Waals surface area contributed by atoms with Gasteiger partial charge in [-0.1, -0.05) is 0 Å². The normalized spacial score (nSPS) is 12.5. The molecule has 106 valence electrons. The van der Waals surface area contributed by atoms with Crippen LogP contribution in [0.3, 0.4) is 0 Å². The van der Waals surface area contributed by atoms with Gasteiger partial charge in [-0.25, -0.2) is 13.2 Å². The Balaban J connectivity index is 2.54. The van der Waals surface area contributed by atoms with E-state index in [2.05, 4.69) is 4.72 Å². The maximum Gasteiger partial charge on any atom is 0.419 e. The van der Waals surface area contributed by atoms with Crippen LogP contribution >= 0.6 is 0 Å². The number of hydrogen-bond donors (Lipinski definition) is 1. The molecule has 2 aromatic rings. The minimum absolute atomic E-state index is 0.0670. The molecule has 1 aromatic heterocycles. The van der Waals surface area contributed by atoms with E-state index in [1.54, 1.807) is 0 Å². The van der Waals surface area contributed by atoms with E-state index >= 15 is 0 Å². The van der Waals surface area contributed by atoms with Crippen molar-refractivity contribution in [3.8, 4) is 6.07 Å². The van der Waals surface area contributed by atoms with Crippen LogP contribution in [0.2, 0.25) is 0 Å². The predicted molar refractivity (Wildman–Crippen MR) is 71.5 cm³/mol. The summed E-state index contributed by atoms with van der Waals surface area (Å²) >= 11 is 0. The monoisotopic (exact) mass is 295 g/mol. The second-order valence-electron chi connectivity index (χ2n) is 4.90. The topological polar surface area (TPSA) is 105 Å². The summed E-state index contributed by atoms with van der Waals surface area (Å²) in [6.45, 7) is 2.90. The van der Waals surface area contributed by atoms with Crippen molar-refractivity contribution in [2.24, 2.45) is 7.05 Å². The molecule has 0 spiro atoms. The second kappa shape index (κ2) is 4.47. The molecule has 2 rings (SSSR count). The fraction of sp³-hybridized carbons (Fsp3) is 0.333. The summed E-state index contributed by atoms with van der Waals surface area (Å²) in [7, 11) is -2.34. The molecular weight excluding hydrogens is 282 g/mol. The van der Waals surface area contributed by atoms with Gasteiger partial charge in [0.05, 0.1) is 16.5 Å². The first kappa shape index (κ1) is 14.3. The van der Waals surface area contributed by atoms with Crippen molar-refractivity contribution in [3.63, 3.8) is 0 Å². The molecule has 7 nitrogen and oxygen atoms in total. The average Bonchev–Trinajstić information content (AvgIpc) is 2.63. The highest BCUT2D eigenvalue weighted by Gasteiger charge is 2.26. The molecule has 0 atom stereocenters. The number of sulfonamides is 1. The summed E-state index contributed by atoms with van der Waals surface area (Å²) in [4.78, 5) is 11.3. The Morgan fingerprint density at radius 2 is 2.05 bits per heavy atom. The molecule has 1 N–H and O–H groups in total. The largest absolute Gasteiger partial charge is 0.419 e. The van der Waals surface area contributed by atoms with Crippen molar-refractivity contribution in [2.45, 2.75) is 24.3 Å². The summed E-state index contributed by atoms with van der Waals surface area (Å²) < 4.78 is 32.8. The number of hydrogen-bond acceptors (Lipinski definition) is 5. The SMILES string of the molecule is Cn1c(=O)oc2cc(S(=O)(=O)NC(C)(C)C#N)ccc21. The van der Waals surface area contributed by atoms with Gasteiger partial charge in [-0.3, -0.25) is 4.57 Å². The molecule has 1 aromatic carbocycles. The number of benzene rings is 1. The lowest BCUT2D eigenvalue weighted by molar-refractivity contribution is 0.525. The Morgan fingerprint density at radius 1 is 1.40 bits per heavy atom. The van der Waals surface area contributed by atoms with E-state index in [1.807, 2.05) is 6.07 Å². The van der Waals surface area contributed by atoms with E-state index in [9.17, 15) is 13.2 Å². The standard InChI is InChI=1S/C12H13N3O4S/c1-12(2,7-13)14-20(17,18)8-4-5-9-10(6-8)19-11(16)15(9)3/h4-6,14H,1-3H3. The zero-order valence-electron chi connectivity index (χ0n) is 11.2. The van der Waals surface area contributed by atoms with Gasteiger partial charge in [0.25, 0.3) is 0 Å². The van der Waals surface area contributed by atoms with Gasteiger partial charge in [0, 0.05) is 13.1 Å². The Bertz CT molecular complexity index is 868. The van der Waals surface area contributed by atoms with E-state index in [0.29, 0.717) is 5.52 Å². The zero-order valence-corrected chi connectivity index (χ0v) is 12.0. The van der Waals surface area contributed by atoms with E-state index in [-0.39, 0.29) is 10.5 Å². The number of nitrogens with one attached hydrogen (secondary N) is 1. The molecule has 0 saturated carbocycles. The van der Waals surface area contributed by atoms with Crippen molar-refractivity contribution >= 4 is 21.1 Å². The number of rotatable bonds is 3. The van der Waals surface area contributed by atoms with Crippen molar-refractivity contribution in [1.29, 1.82) is 5.26 Å². The highest BCUT2D eigenvalue weighted by Crippen LogP contribution is 2.19. The molecule has 8 heteroatoms. The van der Waals surface area contributed by atoms with Crippen molar-refractivity contribution in [3.05, 3.63) is 28.7 Å². The lowest BCUT2D eigenvalue weighted by Crippen LogP contribution is -2.41. The fourth-order valence-corrected chi connectivity index (χ4v) is 3.04. The third-order valence-corrected chi connectivity index (χ3v) is 4.40. The summed E-state index contributed by atoms with van der Waals surface area (Å²) in [5.41, 5.74) is -0.561. The summed E-state index contributed by atoms with van der Waals surface area (Å²) in [6.07, 6.45) is 0. The second-order valence-corrected chi connectivity index (χ2v) is 6.58. The van der Waals surface area contributed by atoms with Crippen molar-refractivity contribution < 1.29 is 12.8 Å². The van der Waals surface area contributed by atoms with Gasteiger partial charge < -0.3 is 4.42 Å². The maximum absolute atomic E-state index is 12.2. The summed E-state index contributed by atoms with van der Waals surface area (Å²) in [5, 5.41) is 8.88. The van der Waals surface area contributed by atoms with Gasteiger partial charge in [0.15, 0.2) is 5.58 Å². The van der Waals surface area contributed by atoms with Crippen LogP contribution in [0.25, 0.3) is 11.1 Å². The van der Waals surface area contributed by atoms with Gasteiger partial charge in [0.2, 0.25) is 10.0 Å². The van der Waals surface area contributed by atoms with Gasteiger partial charge in [-0.15, -0.1) is 0 Å². The highest BCUT2D eigenvalue weighted by molar-refractivity contribution is 7.89. The van der Waals surface area contributed by atoms with E-state index in [4.69, 9.17) is 9.68 Å². The minimum Gasteiger partial charge on any atom is -0.408 e. The molecule has 0 unspecified atom stereocenters. The Kier molecular flexibility index (Phi) is 3.20. The smallest absolute Gasteiger partial charge is 0.408 e. The lowest BCUT2D eigenvalue weighted by Gasteiger charge is -2.17. The van der Waals surface area contributed by atoms with Crippen LogP contribution in [-0.2, 0) is 17.1 Å². The van der Waals surface area contributed by atoms with Gasteiger partial charge in [-0.2, -0.15) is 9.98 Å². The first-order valence-corrected chi connectivity index (χ1v) is 7.19. The summed E-state index contributed by atoms with van der Waals surface area (Å²) in [6, 6.07) is 5.94. The van der Waals surface area contributed by atoms with Crippen LogP contribution in [0.15, 0.2) is 32.3 Å². The molecule has 0 saturated heterocycles. The highest BCUT2D eigenvalue weighted by atomic mass is 32.2. The molecule has 0 aliphatic heterocycles. The molecule has 0 aliphatic rings. The fourth-order valence-electron chi connectivity index (χ4n) is 1.70. The number of nitriles is 1. The van der Waals surface area contributed by atoms with Crippen LogP contribution in [0.5, 0.6) is 0 Å². The Hall–Kier alpha value is -2.11. The van der Waals surface area contributed by atoms with Crippen molar-refractivity contribution in [2.75, 3.05) is 0 Å². The van der Waals surface area contributed by atoms with Crippen LogP contribution in [0.1, 0.15) is 13.8 Å². The zero-order chi connectivity index (χ0) is 15.1. The van der Waals surface area contributed by atoms with Crippen LogP contribution in [0, 0.1) is 11.3 Å². The molecule has 0 radical (unpaired) electrons. The molecule has 0 aliphatic carbocycles. The number of fused-ring (bicyclic) bond motifs is 1. The van der Waals surface area contributed by atoms with Gasteiger partial charge >= 0.3 is 5.76 Å². The first-order chi connectivity index (χ1) is 9.16. The predicted octanol–water partition coefficient (Wildman–Crippen LogP) is 0.712. The Labute approximate surface area is 115 Å². The maximum atomic E-state index is 12.2. The number of aryl methyl sites for hydroxylation is 1. The first-order valence-electron chi connectivity index (χ1n) is 5.71. The quantitative estimate of drug-likeness (QED) is 0.897. The number of oxazole rings is 1. The molecule has 1 heterocycles. The molecule has 0 fully saturated rings. The van der Waals surface area contributed by atoms with Crippen LogP contribution in [0.4, 0.5) is 0 Å². The van der Waals surface area contributed by atoms with E-state index < -0.39 is 21.3 Å². The number of aromatic nitrogens is 1. The van der Waals surface area contributed by atoms with Crippen molar-refractivity contribution in [1.82, 2.24) is 9.29 Å². The lowest BCUT2D eigenvalue weighted by atomic mass is 10.1. The Morgan fingerprint density at radius 3 is 2.65 bits per heavy atom. The minimum atomic E-state index is -3.87. The van der Waals surface area contributed by atoms with Crippen LogP contribution < -0.4 is 10.5 Å². The average molecular weight is 295 g/mol.